The van der Waals surface area contributed by atoms with Crippen LogP contribution in [0.2, 0.25) is 5.02 Å². The zero-order valence-electron chi connectivity index (χ0n) is 10.4. The lowest BCUT2D eigenvalue weighted by Crippen LogP contribution is -2.27. The number of aromatic hydroxyl groups is 1. The normalized spacial score (nSPS) is 12.1. The van der Waals surface area contributed by atoms with Crippen molar-refractivity contribution in [3.63, 3.8) is 0 Å². The van der Waals surface area contributed by atoms with Gasteiger partial charge in [-0.15, -0.1) is 11.3 Å². The molecule has 1 unspecified atom stereocenters. The zero-order chi connectivity index (χ0) is 13.8. The summed E-state index contributed by atoms with van der Waals surface area (Å²) in [6.45, 7) is 2.01. The number of hydrogen-bond acceptors (Lipinski definition) is 3. The van der Waals surface area contributed by atoms with Gasteiger partial charge in [0, 0.05) is 9.90 Å². The van der Waals surface area contributed by atoms with E-state index in [-0.39, 0.29) is 23.3 Å². The van der Waals surface area contributed by atoms with Crippen molar-refractivity contribution in [1.82, 2.24) is 5.32 Å². The van der Waals surface area contributed by atoms with Gasteiger partial charge in [-0.05, 0) is 36.1 Å². The van der Waals surface area contributed by atoms with Crippen LogP contribution in [-0.4, -0.2) is 11.0 Å². The second-order valence-corrected chi connectivity index (χ2v) is 5.53. The average Bonchev–Trinajstić information content (AvgIpc) is 2.89. The molecule has 100 valence electrons. The molecule has 0 fully saturated rings. The van der Waals surface area contributed by atoms with Gasteiger partial charge in [0.05, 0.1) is 11.6 Å². The van der Waals surface area contributed by atoms with Crippen molar-refractivity contribution in [2.24, 2.45) is 0 Å². The van der Waals surface area contributed by atoms with Gasteiger partial charge in [-0.2, -0.15) is 0 Å². The molecule has 0 aliphatic rings. The van der Waals surface area contributed by atoms with Crippen LogP contribution in [0.15, 0.2) is 35.7 Å². The molecule has 2 rings (SSSR count). The Morgan fingerprint density at radius 1 is 1.47 bits per heavy atom. The number of phenolic OH excluding ortho intramolecular Hbond substituents is 1. The van der Waals surface area contributed by atoms with Gasteiger partial charge in [0.15, 0.2) is 0 Å². The number of hydrogen-bond donors (Lipinski definition) is 2. The van der Waals surface area contributed by atoms with Gasteiger partial charge in [0.25, 0.3) is 5.91 Å². The van der Waals surface area contributed by atoms with Gasteiger partial charge >= 0.3 is 0 Å². The van der Waals surface area contributed by atoms with Crippen molar-refractivity contribution in [3.8, 4) is 5.75 Å². The second kappa shape index (κ2) is 6.08. The zero-order valence-corrected chi connectivity index (χ0v) is 12.0. The fourth-order valence-corrected chi connectivity index (χ4v) is 2.82. The molecule has 1 heterocycles. The van der Waals surface area contributed by atoms with Crippen LogP contribution in [0.4, 0.5) is 0 Å². The molecule has 0 bridgehead atoms. The summed E-state index contributed by atoms with van der Waals surface area (Å²) in [7, 11) is 0. The smallest absolute Gasteiger partial charge is 0.255 e. The van der Waals surface area contributed by atoms with E-state index in [4.69, 9.17) is 11.6 Å². The molecule has 2 N–H and O–H groups in total. The first-order chi connectivity index (χ1) is 9.11. The largest absolute Gasteiger partial charge is 0.507 e. The summed E-state index contributed by atoms with van der Waals surface area (Å²) in [6.07, 6.45) is 0.792. The van der Waals surface area contributed by atoms with E-state index >= 15 is 0 Å². The number of benzene rings is 1. The van der Waals surface area contributed by atoms with Crippen LogP contribution in [0.1, 0.15) is 34.6 Å². The Labute approximate surface area is 120 Å². The average molecular weight is 296 g/mol. The maximum Gasteiger partial charge on any atom is 0.255 e. The number of halogens is 1. The Morgan fingerprint density at radius 2 is 2.26 bits per heavy atom. The molecule has 2 aromatic rings. The van der Waals surface area contributed by atoms with E-state index < -0.39 is 0 Å². The lowest BCUT2D eigenvalue weighted by Gasteiger charge is -2.16. The van der Waals surface area contributed by atoms with Crippen molar-refractivity contribution in [1.29, 1.82) is 0 Å². The molecule has 1 amide bonds. The Kier molecular flexibility index (Phi) is 4.45. The highest BCUT2D eigenvalue weighted by Crippen LogP contribution is 2.25. The second-order valence-electron chi connectivity index (χ2n) is 4.11. The Bertz CT molecular complexity index is 569. The van der Waals surface area contributed by atoms with Crippen molar-refractivity contribution in [2.75, 3.05) is 0 Å². The molecule has 1 atom stereocenters. The molecular weight excluding hydrogens is 282 g/mol. The van der Waals surface area contributed by atoms with Crippen molar-refractivity contribution < 1.29 is 9.90 Å². The molecule has 1 aromatic heterocycles. The van der Waals surface area contributed by atoms with Crippen molar-refractivity contribution in [3.05, 3.63) is 51.2 Å². The molecule has 3 nitrogen and oxygen atoms in total. The molecule has 19 heavy (non-hydrogen) atoms. The predicted octanol–water partition coefficient (Wildman–Crippen LogP) is 3.99. The lowest BCUT2D eigenvalue weighted by molar-refractivity contribution is 0.0933. The summed E-state index contributed by atoms with van der Waals surface area (Å²) in [5.74, 6) is -0.402. The van der Waals surface area contributed by atoms with Crippen molar-refractivity contribution in [2.45, 2.75) is 19.4 Å². The van der Waals surface area contributed by atoms with Crippen LogP contribution in [0.25, 0.3) is 0 Å². The Morgan fingerprint density at radius 3 is 2.84 bits per heavy atom. The molecule has 5 heteroatoms. The lowest BCUT2D eigenvalue weighted by atomic mass is 10.1. The molecule has 0 saturated carbocycles. The van der Waals surface area contributed by atoms with E-state index in [0.717, 1.165) is 11.3 Å². The summed E-state index contributed by atoms with van der Waals surface area (Å²) in [6, 6.07) is 8.37. The number of carbonyl (C=O) groups excluding carboxylic acids is 1. The summed E-state index contributed by atoms with van der Waals surface area (Å²) in [4.78, 5) is 13.2. The highest BCUT2D eigenvalue weighted by atomic mass is 35.5. The van der Waals surface area contributed by atoms with Gasteiger partial charge in [0.1, 0.15) is 5.75 Å². The van der Waals surface area contributed by atoms with Gasteiger partial charge in [0.2, 0.25) is 0 Å². The van der Waals surface area contributed by atoms with Crippen LogP contribution in [-0.2, 0) is 0 Å². The molecule has 0 saturated heterocycles. The van der Waals surface area contributed by atoms with E-state index in [1.54, 1.807) is 17.4 Å². The van der Waals surface area contributed by atoms with Gasteiger partial charge in [-0.25, -0.2) is 0 Å². The van der Waals surface area contributed by atoms with Crippen LogP contribution >= 0.6 is 22.9 Å². The number of thiophene rings is 1. The predicted molar refractivity (Wildman–Crippen MR) is 77.9 cm³/mol. The first-order valence-corrected chi connectivity index (χ1v) is 7.20. The van der Waals surface area contributed by atoms with E-state index in [1.807, 2.05) is 24.4 Å². The number of amides is 1. The van der Waals surface area contributed by atoms with E-state index in [0.29, 0.717) is 5.02 Å². The minimum atomic E-state index is -0.297. The monoisotopic (exact) mass is 295 g/mol. The van der Waals surface area contributed by atoms with Gasteiger partial charge in [-0.3, -0.25) is 4.79 Å². The highest BCUT2D eigenvalue weighted by Gasteiger charge is 2.17. The SMILES string of the molecule is CCC(NC(=O)c1ccc(Cl)cc1O)c1cccs1. The van der Waals surface area contributed by atoms with Gasteiger partial charge in [-0.1, -0.05) is 24.6 Å². The maximum absolute atomic E-state index is 12.1. The third-order valence-electron chi connectivity index (χ3n) is 2.80. The van der Waals surface area contributed by atoms with Crippen molar-refractivity contribution >= 4 is 28.8 Å². The Balaban J connectivity index is 2.16. The standard InChI is InChI=1S/C14H14ClNO2S/c1-2-11(13-4-3-7-19-13)16-14(18)10-6-5-9(15)8-12(10)17/h3-8,11,17H,2H2,1H3,(H,16,18). The number of nitrogens with one attached hydrogen (secondary N) is 1. The third kappa shape index (κ3) is 3.28. The first kappa shape index (κ1) is 13.9. The van der Waals surface area contributed by atoms with Crippen LogP contribution in [0, 0.1) is 0 Å². The third-order valence-corrected chi connectivity index (χ3v) is 4.03. The van der Waals surface area contributed by atoms with Crippen LogP contribution < -0.4 is 5.32 Å². The summed E-state index contributed by atoms with van der Waals surface area (Å²) >= 11 is 7.35. The van der Waals surface area contributed by atoms with Crippen LogP contribution in [0.5, 0.6) is 5.75 Å². The molecule has 0 aliphatic heterocycles. The topological polar surface area (TPSA) is 49.3 Å². The fourth-order valence-electron chi connectivity index (χ4n) is 1.80. The van der Waals surface area contributed by atoms with E-state index in [9.17, 15) is 9.90 Å². The molecule has 0 radical (unpaired) electrons. The molecule has 0 spiro atoms. The number of phenols is 1. The molecule has 0 aliphatic carbocycles. The summed E-state index contributed by atoms with van der Waals surface area (Å²) in [5, 5.41) is 15.0. The van der Waals surface area contributed by atoms with E-state index in [2.05, 4.69) is 5.32 Å². The molecule has 1 aromatic carbocycles. The first-order valence-electron chi connectivity index (χ1n) is 5.94. The number of rotatable bonds is 4. The summed E-state index contributed by atoms with van der Waals surface area (Å²) < 4.78 is 0. The van der Waals surface area contributed by atoms with E-state index in [1.165, 1.54) is 12.1 Å². The quantitative estimate of drug-likeness (QED) is 0.896. The maximum atomic E-state index is 12.1. The highest BCUT2D eigenvalue weighted by molar-refractivity contribution is 7.10. The molecular formula is C14H14ClNO2S. The Hall–Kier alpha value is -1.52. The van der Waals surface area contributed by atoms with Gasteiger partial charge < -0.3 is 10.4 Å². The summed E-state index contributed by atoms with van der Waals surface area (Å²) in [5.41, 5.74) is 0.236. The minimum absolute atomic E-state index is 0.0393. The van der Waals surface area contributed by atoms with Crippen LogP contribution in [0.3, 0.4) is 0 Å². The minimum Gasteiger partial charge on any atom is -0.507 e. The fraction of sp³-hybridized carbons (Fsp3) is 0.214. The number of carbonyl (C=O) groups is 1.